The second kappa shape index (κ2) is 6.37. The second-order valence-corrected chi connectivity index (χ2v) is 4.97. The molecule has 2 rings (SSSR count). The van der Waals surface area contributed by atoms with Gasteiger partial charge in [0.15, 0.2) is 0 Å². The van der Waals surface area contributed by atoms with Crippen molar-refractivity contribution in [3.05, 3.63) is 22.2 Å². The summed E-state index contributed by atoms with van der Waals surface area (Å²) in [6.45, 7) is 4.72. The molecule has 1 aliphatic rings. The molecule has 2 heterocycles. The van der Waals surface area contributed by atoms with E-state index >= 15 is 0 Å². The van der Waals surface area contributed by atoms with E-state index in [0.717, 1.165) is 0 Å². The van der Waals surface area contributed by atoms with Gasteiger partial charge < -0.3 is 15.1 Å². The summed E-state index contributed by atoms with van der Waals surface area (Å²) in [6, 6.07) is 2.72. The first-order valence-corrected chi connectivity index (χ1v) is 6.82. The number of pyridine rings is 1. The third-order valence-electron chi connectivity index (χ3n) is 3.38. The molecule has 0 unspecified atom stereocenters. The van der Waals surface area contributed by atoms with Crippen LogP contribution in [0.3, 0.4) is 0 Å². The van der Waals surface area contributed by atoms with Gasteiger partial charge in [-0.05, 0) is 6.07 Å². The Morgan fingerprint density at radius 1 is 1.23 bits per heavy atom. The molecule has 1 saturated heterocycles. The van der Waals surface area contributed by atoms with E-state index in [1.807, 2.05) is 0 Å². The molecule has 1 aliphatic heterocycles. The van der Waals surface area contributed by atoms with Gasteiger partial charge in [-0.25, -0.2) is 4.98 Å². The number of hydrogen-bond donors (Lipinski definition) is 1. The van der Waals surface area contributed by atoms with Crippen molar-refractivity contribution < 1.29 is 14.5 Å². The smallest absolute Gasteiger partial charge is 0.311 e. The monoisotopic (exact) mass is 307 g/mol. The molecule has 0 aliphatic carbocycles. The van der Waals surface area contributed by atoms with Crippen LogP contribution in [-0.4, -0.2) is 52.8 Å². The minimum atomic E-state index is -0.503. The normalized spacial score (nSPS) is 14.6. The second-order valence-electron chi connectivity index (χ2n) is 4.97. The van der Waals surface area contributed by atoms with Crippen LogP contribution in [-0.2, 0) is 9.59 Å². The number of nitrogens with zero attached hydrogens (tertiary/aromatic N) is 4. The van der Waals surface area contributed by atoms with E-state index in [4.69, 9.17) is 0 Å². The summed E-state index contributed by atoms with van der Waals surface area (Å²) in [4.78, 5) is 40.7. The summed E-state index contributed by atoms with van der Waals surface area (Å²) in [5.74, 6) is 0.157. The molecule has 118 valence electrons. The SMILES string of the molecule is CC(=O)Nc1ccc([N+](=O)[O-])c(N2CCN(C(C)=O)CC2)n1. The van der Waals surface area contributed by atoms with Gasteiger partial charge in [-0.15, -0.1) is 0 Å². The Balaban J connectivity index is 2.25. The molecule has 22 heavy (non-hydrogen) atoms. The third-order valence-corrected chi connectivity index (χ3v) is 3.38. The summed E-state index contributed by atoms with van der Waals surface area (Å²) < 4.78 is 0. The Morgan fingerprint density at radius 3 is 2.36 bits per heavy atom. The van der Waals surface area contributed by atoms with E-state index < -0.39 is 4.92 Å². The summed E-state index contributed by atoms with van der Waals surface area (Å²) >= 11 is 0. The minimum Gasteiger partial charge on any atom is -0.347 e. The predicted molar refractivity (Wildman–Crippen MR) is 79.7 cm³/mol. The van der Waals surface area contributed by atoms with Gasteiger partial charge >= 0.3 is 5.69 Å². The van der Waals surface area contributed by atoms with Crippen LogP contribution >= 0.6 is 0 Å². The summed E-state index contributed by atoms with van der Waals surface area (Å²) in [6.07, 6.45) is 0. The Bertz CT molecular complexity index is 610. The van der Waals surface area contributed by atoms with Gasteiger partial charge in [0.25, 0.3) is 0 Å². The maximum atomic E-state index is 11.3. The van der Waals surface area contributed by atoms with Crippen LogP contribution in [0.5, 0.6) is 0 Å². The lowest BCUT2D eigenvalue weighted by Gasteiger charge is -2.34. The van der Waals surface area contributed by atoms with E-state index in [1.54, 1.807) is 9.80 Å². The molecule has 1 fully saturated rings. The predicted octanol–water partition coefficient (Wildman–Crippen LogP) is 0.617. The number of carbonyl (C=O) groups excluding carboxylic acids is 2. The van der Waals surface area contributed by atoms with Crippen LogP contribution in [0.2, 0.25) is 0 Å². The maximum absolute atomic E-state index is 11.3. The molecule has 0 radical (unpaired) electrons. The van der Waals surface area contributed by atoms with Crippen LogP contribution in [0.15, 0.2) is 12.1 Å². The van der Waals surface area contributed by atoms with Crippen molar-refractivity contribution in [2.24, 2.45) is 0 Å². The highest BCUT2D eigenvalue weighted by Crippen LogP contribution is 2.28. The molecule has 9 nitrogen and oxygen atoms in total. The molecule has 2 amide bonds. The largest absolute Gasteiger partial charge is 0.347 e. The highest BCUT2D eigenvalue weighted by Gasteiger charge is 2.26. The van der Waals surface area contributed by atoms with Crippen LogP contribution in [0.1, 0.15) is 13.8 Å². The first-order valence-electron chi connectivity index (χ1n) is 6.82. The molecule has 1 aromatic rings. The van der Waals surface area contributed by atoms with Crippen molar-refractivity contribution in [3.8, 4) is 0 Å². The average Bonchev–Trinajstić information content (AvgIpc) is 2.46. The molecular formula is C13H17N5O4. The zero-order chi connectivity index (χ0) is 16.3. The molecule has 0 saturated carbocycles. The van der Waals surface area contributed by atoms with Crippen LogP contribution in [0, 0.1) is 10.1 Å². The van der Waals surface area contributed by atoms with Crippen LogP contribution in [0.25, 0.3) is 0 Å². The number of nitro groups is 1. The van der Waals surface area contributed by atoms with Crippen LogP contribution in [0.4, 0.5) is 17.3 Å². The number of amides is 2. The Hall–Kier alpha value is -2.71. The number of piperazine rings is 1. The molecule has 1 aromatic heterocycles. The first-order chi connectivity index (χ1) is 10.4. The summed E-state index contributed by atoms with van der Waals surface area (Å²) in [5.41, 5.74) is -0.120. The summed E-state index contributed by atoms with van der Waals surface area (Å²) in [7, 11) is 0. The van der Waals surface area contributed by atoms with E-state index in [2.05, 4.69) is 10.3 Å². The summed E-state index contributed by atoms with van der Waals surface area (Å²) in [5, 5.41) is 13.7. The van der Waals surface area contributed by atoms with E-state index in [0.29, 0.717) is 26.2 Å². The fraction of sp³-hybridized carbons (Fsp3) is 0.462. The van der Waals surface area contributed by atoms with Crippen molar-refractivity contribution >= 4 is 29.1 Å². The highest BCUT2D eigenvalue weighted by atomic mass is 16.6. The van der Waals surface area contributed by atoms with Crippen molar-refractivity contribution in [1.82, 2.24) is 9.88 Å². The average molecular weight is 307 g/mol. The molecular weight excluding hydrogens is 290 g/mol. The van der Waals surface area contributed by atoms with Gasteiger partial charge in [0.2, 0.25) is 17.6 Å². The Kier molecular flexibility index (Phi) is 4.54. The van der Waals surface area contributed by atoms with Gasteiger partial charge in [0, 0.05) is 46.1 Å². The number of anilines is 2. The fourth-order valence-electron chi connectivity index (χ4n) is 2.30. The highest BCUT2D eigenvalue weighted by molar-refractivity contribution is 5.88. The van der Waals surface area contributed by atoms with Gasteiger partial charge in [-0.3, -0.25) is 19.7 Å². The maximum Gasteiger partial charge on any atom is 0.311 e. The lowest BCUT2D eigenvalue weighted by molar-refractivity contribution is -0.384. The fourth-order valence-corrected chi connectivity index (χ4v) is 2.30. The number of nitrogens with one attached hydrogen (secondary N) is 1. The molecule has 0 aromatic carbocycles. The number of rotatable bonds is 3. The van der Waals surface area contributed by atoms with E-state index in [9.17, 15) is 19.7 Å². The Labute approximate surface area is 127 Å². The molecule has 9 heteroatoms. The molecule has 0 bridgehead atoms. The van der Waals surface area contributed by atoms with E-state index in [1.165, 1.54) is 26.0 Å². The van der Waals surface area contributed by atoms with Gasteiger partial charge in [-0.2, -0.15) is 0 Å². The van der Waals surface area contributed by atoms with Crippen molar-refractivity contribution in [2.45, 2.75) is 13.8 Å². The third kappa shape index (κ3) is 3.48. The molecule has 0 spiro atoms. The minimum absolute atomic E-state index is 0.0193. The zero-order valence-electron chi connectivity index (χ0n) is 12.4. The number of carbonyl (C=O) groups is 2. The molecule has 0 atom stereocenters. The van der Waals surface area contributed by atoms with Gasteiger partial charge in [0.05, 0.1) is 4.92 Å². The topological polar surface area (TPSA) is 109 Å². The lowest BCUT2D eigenvalue weighted by Crippen LogP contribution is -2.48. The zero-order valence-corrected chi connectivity index (χ0v) is 12.4. The number of aromatic nitrogens is 1. The molecule has 1 N–H and O–H groups in total. The van der Waals surface area contributed by atoms with Crippen molar-refractivity contribution in [1.29, 1.82) is 0 Å². The van der Waals surface area contributed by atoms with Crippen molar-refractivity contribution in [3.63, 3.8) is 0 Å². The lowest BCUT2D eigenvalue weighted by atomic mass is 10.2. The van der Waals surface area contributed by atoms with E-state index in [-0.39, 0.29) is 29.1 Å². The Morgan fingerprint density at radius 2 is 1.86 bits per heavy atom. The number of hydrogen-bond acceptors (Lipinski definition) is 6. The van der Waals surface area contributed by atoms with Gasteiger partial charge in [0.1, 0.15) is 5.82 Å². The quantitative estimate of drug-likeness (QED) is 0.647. The van der Waals surface area contributed by atoms with Gasteiger partial charge in [-0.1, -0.05) is 0 Å². The first kappa shape index (κ1) is 15.7. The van der Waals surface area contributed by atoms with Crippen LogP contribution < -0.4 is 10.2 Å². The standard InChI is InChI=1S/C13H17N5O4/c1-9(19)14-12-4-3-11(18(21)22)13(15-12)17-7-5-16(6-8-17)10(2)20/h3-4H,5-8H2,1-2H3,(H,14,15,19). The van der Waals surface area contributed by atoms with Crippen molar-refractivity contribution in [2.75, 3.05) is 36.4 Å².